The molecule has 2 heterocycles. The van der Waals surface area contributed by atoms with Crippen LogP contribution in [0.3, 0.4) is 0 Å². The van der Waals surface area contributed by atoms with Crippen molar-refractivity contribution < 1.29 is 4.74 Å². The maximum atomic E-state index is 5.67. The molecule has 0 amide bonds. The summed E-state index contributed by atoms with van der Waals surface area (Å²) in [6.07, 6.45) is 1.79. The molecule has 2 aromatic heterocycles. The van der Waals surface area contributed by atoms with Crippen molar-refractivity contribution in [2.24, 2.45) is 7.05 Å². The summed E-state index contributed by atoms with van der Waals surface area (Å²) in [6, 6.07) is 9.69. The molecule has 0 bridgehead atoms. The van der Waals surface area contributed by atoms with Crippen LogP contribution in [0, 0.1) is 4.77 Å². The summed E-state index contributed by atoms with van der Waals surface area (Å²) in [4.78, 5) is 5.31. The van der Waals surface area contributed by atoms with Crippen LogP contribution in [-0.2, 0) is 13.7 Å². The number of ether oxygens (including phenoxy) is 1. The molecule has 0 atom stereocenters. The molecule has 0 saturated heterocycles. The summed E-state index contributed by atoms with van der Waals surface area (Å²) >= 11 is 6.65. The number of thiazole rings is 1. The molecular formula is C13H12N4OS2. The number of aromatic nitrogens is 4. The molecule has 5 nitrogen and oxygen atoms in total. The van der Waals surface area contributed by atoms with Crippen LogP contribution in [-0.4, -0.2) is 19.7 Å². The highest BCUT2D eigenvalue weighted by molar-refractivity contribution is 7.71. The first-order chi connectivity index (χ1) is 9.74. The van der Waals surface area contributed by atoms with Gasteiger partial charge < -0.3 is 9.30 Å². The zero-order valence-electron chi connectivity index (χ0n) is 10.7. The number of rotatable bonds is 4. The molecule has 0 saturated carbocycles. The highest BCUT2D eigenvalue weighted by Gasteiger charge is 2.10. The van der Waals surface area contributed by atoms with E-state index in [0.29, 0.717) is 11.4 Å². The van der Waals surface area contributed by atoms with Crippen molar-refractivity contribution in [1.82, 2.24) is 19.7 Å². The van der Waals surface area contributed by atoms with E-state index < -0.39 is 0 Å². The van der Waals surface area contributed by atoms with Crippen molar-refractivity contribution in [2.75, 3.05) is 0 Å². The van der Waals surface area contributed by atoms with Crippen LogP contribution < -0.4 is 4.74 Å². The molecule has 0 spiro atoms. The normalized spacial score (nSPS) is 10.7. The predicted molar refractivity (Wildman–Crippen MR) is 80.3 cm³/mol. The van der Waals surface area contributed by atoms with Crippen molar-refractivity contribution in [1.29, 1.82) is 0 Å². The smallest absolute Gasteiger partial charge is 0.195 e. The van der Waals surface area contributed by atoms with Crippen molar-refractivity contribution in [3.63, 3.8) is 0 Å². The first-order valence-electron chi connectivity index (χ1n) is 5.98. The van der Waals surface area contributed by atoms with Gasteiger partial charge in [0, 0.05) is 13.2 Å². The highest BCUT2D eigenvalue weighted by Crippen LogP contribution is 2.24. The lowest BCUT2D eigenvalue weighted by Gasteiger charge is -2.02. The number of aromatic amines is 1. The van der Waals surface area contributed by atoms with Crippen LogP contribution in [0.4, 0.5) is 0 Å². The summed E-state index contributed by atoms with van der Waals surface area (Å²) in [5, 5.41) is 7.86. The maximum absolute atomic E-state index is 5.67. The van der Waals surface area contributed by atoms with E-state index in [2.05, 4.69) is 15.2 Å². The Kier molecular flexibility index (Phi) is 3.62. The van der Waals surface area contributed by atoms with Gasteiger partial charge in [0.2, 0.25) is 0 Å². The maximum Gasteiger partial charge on any atom is 0.195 e. The first kappa shape index (κ1) is 13.0. The van der Waals surface area contributed by atoms with E-state index in [1.807, 2.05) is 41.9 Å². The summed E-state index contributed by atoms with van der Waals surface area (Å²) in [6.45, 7) is 0.448. The van der Waals surface area contributed by atoms with Crippen LogP contribution in [0.25, 0.3) is 10.7 Å². The zero-order chi connectivity index (χ0) is 13.9. The number of nitrogens with zero attached hydrogens (tertiary/aromatic N) is 3. The third kappa shape index (κ3) is 2.63. The molecule has 0 aliphatic rings. The predicted octanol–water partition coefficient (Wildman–Crippen LogP) is 3.18. The molecule has 20 heavy (non-hydrogen) atoms. The SMILES string of the molecule is Cn1c(-c2cnc(COc3ccccc3)s2)n[nH]c1=S. The lowest BCUT2D eigenvalue weighted by molar-refractivity contribution is 0.305. The molecule has 3 rings (SSSR count). The Labute approximate surface area is 124 Å². The number of para-hydroxylation sites is 1. The largest absolute Gasteiger partial charge is 0.486 e. The van der Waals surface area contributed by atoms with Gasteiger partial charge in [-0.15, -0.1) is 11.3 Å². The van der Waals surface area contributed by atoms with Gasteiger partial charge in [-0.3, -0.25) is 5.10 Å². The van der Waals surface area contributed by atoms with E-state index in [1.54, 1.807) is 17.5 Å². The second kappa shape index (κ2) is 5.56. The molecule has 1 N–H and O–H groups in total. The molecule has 0 unspecified atom stereocenters. The summed E-state index contributed by atoms with van der Waals surface area (Å²) < 4.78 is 8.09. The number of nitrogens with one attached hydrogen (secondary N) is 1. The van der Waals surface area contributed by atoms with Gasteiger partial charge in [-0.1, -0.05) is 18.2 Å². The molecule has 7 heteroatoms. The van der Waals surface area contributed by atoms with Gasteiger partial charge in [0.1, 0.15) is 17.4 Å². The van der Waals surface area contributed by atoms with Crippen LogP contribution in [0.15, 0.2) is 36.5 Å². The Hall–Kier alpha value is -1.99. The van der Waals surface area contributed by atoms with Crippen molar-refractivity contribution >= 4 is 23.6 Å². The Morgan fingerprint density at radius 3 is 2.85 bits per heavy atom. The van der Waals surface area contributed by atoms with E-state index >= 15 is 0 Å². The van der Waals surface area contributed by atoms with E-state index in [0.717, 1.165) is 21.5 Å². The van der Waals surface area contributed by atoms with Crippen molar-refractivity contribution in [3.05, 3.63) is 46.3 Å². The van der Waals surface area contributed by atoms with Gasteiger partial charge in [-0.25, -0.2) is 4.98 Å². The van der Waals surface area contributed by atoms with E-state index in [1.165, 1.54) is 0 Å². The monoisotopic (exact) mass is 304 g/mol. The number of hydrogen-bond donors (Lipinski definition) is 1. The number of benzene rings is 1. The third-order valence-corrected chi connectivity index (χ3v) is 4.09. The van der Waals surface area contributed by atoms with Crippen LogP contribution in [0.2, 0.25) is 0 Å². The standard InChI is InChI=1S/C13H12N4OS2/c1-17-12(15-16-13(17)19)10-7-14-11(20-10)8-18-9-5-3-2-4-6-9/h2-7H,8H2,1H3,(H,16,19). The molecule has 3 aromatic rings. The number of H-pyrrole nitrogens is 1. The van der Waals surface area contributed by atoms with E-state index in [4.69, 9.17) is 17.0 Å². The number of hydrogen-bond acceptors (Lipinski definition) is 5. The fourth-order valence-corrected chi connectivity index (χ4v) is 2.70. The average molecular weight is 304 g/mol. The lowest BCUT2D eigenvalue weighted by atomic mass is 10.3. The van der Waals surface area contributed by atoms with Gasteiger partial charge in [0.05, 0.1) is 4.88 Å². The van der Waals surface area contributed by atoms with Crippen LogP contribution in [0.1, 0.15) is 5.01 Å². The molecule has 102 valence electrons. The van der Waals surface area contributed by atoms with E-state index in [9.17, 15) is 0 Å². The molecule has 0 fully saturated rings. The van der Waals surface area contributed by atoms with Gasteiger partial charge in [0.15, 0.2) is 10.6 Å². The minimum atomic E-state index is 0.448. The van der Waals surface area contributed by atoms with Gasteiger partial charge in [-0.2, -0.15) is 5.10 Å². The summed E-state index contributed by atoms with van der Waals surface area (Å²) in [5.41, 5.74) is 0. The molecule has 1 aromatic carbocycles. The minimum Gasteiger partial charge on any atom is -0.486 e. The van der Waals surface area contributed by atoms with Gasteiger partial charge >= 0.3 is 0 Å². The third-order valence-electron chi connectivity index (χ3n) is 2.76. The summed E-state index contributed by atoms with van der Waals surface area (Å²) in [7, 11) is 1.88. The lowest BCUT2D eigenvalue weighted by Crippen LogP contribution is -1.93. The summed E-state index contributed by atoms with van der Waals surface area (Å²) in [5.74, 6) is 1.63. The Morgan fingerprint density at radius 2 is 2.15 bits per heavy atom. The van der Waals surface area contributed by atoms with Gasteiger partial charge in [-0.05, 0) is 24.4 Å². The topological polar surface area (TPSA) is 55.7 Å². The Balaban J connectivity index is 1.74. The van der Waals surface area contributed by atoms with Crippen LogP contribution in [0.5, 0.6) is 5.75 Å². The first-order valence-corrected chi connectivity index (χ1v) is 7.21. The highest BCUT2D eigenvalue weighted by atomic mass is 32.1. The molecular weight excluding hydrogens is 292 g/mol. The Bertz CT molecular complexity index is 760. The van der Waals surface area contributed by atoms with Gasteiger partial charge in [0.25, 0.3) is 0 Å². The second-order valence-corrected chi connectivity index (χ2v) is 5.63. The molecule has 0 radical (unpaired) electrons. The fourth-order valence-electron chi connectivity index (χ4n) is 1.71. The molecule has 0 aliphatic heterocycles. The van der Waals surface area contributed by atoms with Crippen LogP contribution >= 0.6 is 23.6 Å². The second-order valence-electron chi connectivity index (χ2n) is 4.13. The van der Waals surface area contributed by atoms with Crippen molar-refractivity contribution in [2.45, 2.75) is 6.61 Å². The van der Waals surface area contributed by atoms with Crippen molar-refractivity contribution in [3.8, 4) is 16.5 Å². The zero-order valence-corrected chi connectivity index (χ0v) is 12.4. The van der Waals surface area contributed by atoms with E-state index in [-0.39, 0.29) is 0 Å². The molecule has 0 aliphatic carbocycles. The minimum absolute atomic E-state index is 0.448. The quantitative estimate of drug-likeness (QED) is 0.752. The fraction of sp³-hybridized carbons (Fsp3) is 0.154. The Morgan fingerprint density at radius 1 is 1.35 bits per heavy atom. The average Bonchev–Trinajstić information content (AvgIpc) is 3.06.